The van der Waals surface area contributed by atoms with Gasteiger partial charge in [0.2, 0.25) is 0 Å². The van der Waals surface area contributed by atoms with Crippen LogP contribution in [0.5, 0.6) is 0 Å². The largest absolute Gasteiger partial charge is 0.376 e. The third-order valence-corrected chi connectivity index (χ3v) is 4.00. The fourth-order valence-electron chi connectivity index (χ4n) is 2.45. The molecule has 0 aliphatic carbocycles. The Labute approximate surface area is 115 Å². The van der Waals surface area contributed by atoms with E-state index in [1.165, 1.54) is 22.4 Å². The van der Waals surface area contributed by atoms with Crippen molar-refractivity contribution in [2.45, 2.75) is 20.8 Å². The van der Waals surface area contributed by atoms with Crippen LogP contribution in [0.4, 0.5) is 5.69 Å². The first-order chi connectivity index (χ1) is 8.49. The average Bonchev–Trinajstić information content (AvgIpc) is 2.34. The van der Waals surface area contributed by atoms with Crippen molar-refractivity contribution in [3.05, 3.63) is 28.8 Å². The lowest BCUT2D eigenvalue weighted by molar-refractivity contribution is 0.388. The summed E-state index contributed by atoms with van der Waals surface area (Å²) < 4.78 is 0. The monoisotopic (exact) mass is 263 g/mol. The lowest BCUT2D eigenvalue weighted by Crippen LogP contribution is -2.50. The lowest BCUT2D eigenvalue weighted by Gasteiger charge is -2.37. The van der Waals surface area contributed by atoms with Gasteiger partial charge in [-0.05, 0) is 55.7 Å². The molecule has 1 aromatic carbocycles. The maximum atomic E-state index is 5.66. The van der Waals surface area contributed by atoms with Gasteiger partial charge in [-0.15, -0.1) is 0 Å². The Kier molecular flexibility index (Phi) is 3.76. The van der Waals surface area contributed by atoms with E-state index in [0.717, 1.165) is 26.2 Å². The van der Waals surface area contributed by atoms with E-state index in [4.69, 9.17) is 18.0 Å². The molecule has 0 saturated carbocycles. The molecule has 1 aliphatic rings. The van der Waals surface area contributed by atoms with Crippen LogP contribution < -0.4 is 10.6 Å². The second-order valence-electron chi connectivity index (χ2n) is 5.04. The standard InChI is InChI=1S/C14H21N3S/c1-10-8-12(3)13(9-11(10)2)16-4-6-17(7-5-16)14(15)18/h8-9H,4-7H2,1-3H3,(H2,15,18). The molecule has 4 heteroatoms. The minimum atomic E-state index is 0.520. The molecule has 1 fully saturated rings. The molecule has 0 aromatic heterocycles. The van der Waals surface area contributed by atoms with Crippen LogP contribution in [0.15, 0.2) is 12.1 Å². The summed E-state index contributed by atoms with van der Waals surface area (Å²) in [7, 11) is 0. The number of hydrogen-bond donors (Lipinski definition) is 1. The molecule has 0 unspecified atom stereocenters. The van der Waals surface area contributed by atoms with Gasteiger partial charge in [0.15, 0.2) is 5.11 Å². The smallest absolute Gasteiger partial charge is 0.166 e. The number of thiocarbonyl (C=S) groups is 1. The number of benzene rings is 1. The van der Waals surface area contributed by atoms with Crippen LogP contribution >= 0.6 is 12.2 Å². The van der Waals surface area contributed by atoms with Gasteiger partial charge in [-0.25, -0.2) is 0 Å². The minimum Gasteiger partial charge on any atom is -0.376 e. The molecule has 0 bridgehead atoms. The van der Waals surface area contributed by atoms with Gasteiger partial charge in [-0.2, -0.15) is 0 Å². The Hall–Kier alpha value is -1.29. The Bertz CT molecular complexity index is 462. The maximum absolute atomic E-state index is 5.66. The molecule has 1 aromatic rings. The summed E-state index contributed by atoms with van der Waals surface area (Å²) in [4.78, 5) is 4.50. The number of rotatable bonds is 1. The second kappa shape index (κ2) is 5.14. The SMILES string of the molecule is Cc1cc(C)c(N2CCN(C(N)=S)CC2)cc1C. The van der Waals surface area contributed by atoms with E-state index in [0.29, 0.717) is 5.11 Å². The number of aryl methyl sites for hydroxylation is 3. The van der Waals surface area contributed by atoms with Gasteiger partial charge in [-0.3, -0.25) is 0 Å². The third-order valence-electron chi connectivity index (χ3n) is 3.74. The molecule has 1 saturated heterocycles. The van der Waals surface area contributed by atoms with Crippen LogP contribution in [0.3, 0.4) is 0 Å². The molecule has 2 N–H and O–H groups in total. The fourth-order valence-corrected chi connectivity index (χ4v) is 2.64. The van der Waals surface area contributed by atoms with Crippen molar-refractivity contribution in [2.75, 3.05) is 31.1 Å². The molecule has 0 spiro atoms. The highest BCUT2D eigenvalue weighted by atomic mass is 32.1. The first-order valence-corrected chi connectivity index (χ1v) is 6.77. The van der Waals surface area contributed by atoms with Crippen molar-refractivity contribution in [1.82, 2.24) is 4.90 Å². The van der Waals surface area contributed by atoms with Gasteiger partial charge in [0, 0.05) is 31.9 Å². The van der Waals surface area contributed by atoms with Crippen LogP contribution in [-0.4, -0.2) is 36.2 Å². The highest BCUT2D eigenvalue weighted by Gasteiger charge is 2.19. The zero-order chi connectivity index (χ0) is 13.3. The first kappa shape index (κ1) is 13.1. The van der Waals surface area contributed by atoms with E-state index in [2.05, 4.69) is 42.7 Å². The van der Waals surface area contributed by atoms with E-state index < -0.39 is 0 Å². The third kappa shape index (κ3) is 2.58. The summed E-state index contributed by atoms with van der Waals surface area (Å²) >= 11 is 5.02. The number of anilines is 1. The summed E-state index contributed by atoms with van der Waals surface area (Å²) in [6, 6.07) is 4.56. The van der Waals surface area contributed by atoms with E-state index in [1.807, 2.05) is 0 Å². The minimum absolute atomic E-state index is 0.520. The van der Waals surface area contributed by atoms with Crippen LogP contribution in [0.25, 0.3) is 0 Å². The number of hydrogen-bond acceptors (Lipinski definition) is 2. The molecule has 1 heterocycles. The molecule has 3 nitrogen and oxygen atoms in total. The summed E-state index contributed by atoms with van der Waals surface area (Å²) in [5, 5.41) is 0.520. The molecular formula is C14H21N3S. The van der Waals surface area contributed by atoms with Gasteiger partial charge in [0.25, 0.3) is 0 Å². The van der Waals surface area contributed by atoms with Crippen LogP contribution in [-0.2, 0) is 0 Å². The fraction of sp³-hybridized carbons (Fsp3) is 0.500. The summed E-state index contributed by atoms with van der Waals surface area (Å²) in [6.07, 6.45) is 0. The Morgan fingerprint density at radius 1 is 1.00 bits per heavy atom. The molecular weight excluding hydrogens is 242 g/mol. The Balaban J connectivity index is 2.15. The first-order valence-electron chi connectivity index (χ1n) is 6.36. The van der Waals surface area contributed by atoms with Crippen molar-refractivity contribution in [3.63, 3.8) is 0 Å². The highest BCUT2D eigenvalue weighted by Crippen LogP contribution is 2.25. The zero-order valence-corrected chi connectivity index (χ0v) is 12.2. The zero-order valence-electron chi connectivity index (χ0n) is 11.4. The van der Waals surface area contributed by atoms with Crippen LogP contribution in [0.2, 0.25) is 0 Å². The highest BCUT2D eigenvalue weighted by molar-refractivity contribution is 7.80. The summed E-state index contributed by atoms with van der Waals surface area (Å²) in [6.45, 7) is 10.3. The van der Waals surface area contributed by atoms with Crippen LogP contribution in [0.1, 0.15) is 16.7 Å². The molecule has 0 amide bonds. The van der Waals surface area contributed by atoms with Gasteiger partial charge in [0.1, 0.15) is 0 Å². The summed E-state index contributed by atoms with van der Waals surface area (Å²) in [5.41, 5.74) is 11.1. The van der Waals surface area contributed by atoms with Gasteiger partial charge >= 0.3 is 0 Å². The van der Waals surface area contributed by atoms with E-state index in [-0.39, 0.29) is 0 Å². The van der Waals surface area contributed by atoms with Crippen molar-refractivity contribution in [1.29, 1.82) is 0 Å². The predicted octanol–water partition coefficient (Wildman–Crippen LogP) is 1.98. The molecule has 1 aliphatic heterocycles. The normalized spacial score (nSPS) is 15.9. The quantitative estimate of drug-likeness (QED) is 0.785. The van der Waals surface area contributed by atoms with Crippen molar-refractivity contribution in [3.8, 4) is 0 Å². The molecule has 98 valence electrons. The molecule has 18 heavy (non-hydrogen) atoms. The second-order valence-corrected chi connectivity index (χ2v) is 5.45. The Morgan fingerprint density at radius 2 is 1.56 bits per heavy atom. The molecule has 0 radical (unpaired) electrons. The summed E-state index contributed by atoms with van der Waals surface area (Å²) in [5.74, 6) is 0. The number of piperazine rings is 1. The topological polar surface area (TPSA) is 32.5 Å². The van der Waals surface area contributed by atoms with Crippen molar-refractivity contribution < 1.29 is 0 Å². The predicted molar refractivity (Wildman–Crippen MR) is 81.2 cm³/mol. The average molecular weight is 263 g/mol. The van der Waals surface area contributed by atoms with Gasteiger partial charge in [-0.1, -0.05) is 6.07 Å². The van der Waals surface area contributed by atoms with Crippen LogP contribution in [0, 0.1) is 20.8 Å². The van der Waals surface area contributed by atoms with Gasteiger partial charge in [0.05, 0.1) is 0 Å². The van der Waals surface area contributed by atoms with E-state index >= 15 is 0 Å². The molecule has 2 rings (SSSR count). The number of nitrogens with two attached hydrogens (primary N) is 1. The van der Waals surface area contributed by atoms with E-state index in [1.54, 1.807) is 0 Å². The number of nitrogens with zero attached hydrogens (tertiary/aromatic N) is 2. The van der Waals surface area contributed by atoms with Crippen molar-refractivity contribution >= 4 is 23.0 Å². The maximum Gasteiger partial charge on any atom is 0.166 e. The van der Waals surface area contributed by atoms with Gasteiger partial charge < -0.3 is 15.5 Å². The lowest BCUT2D eigenvalue weighted by atomic mass is 10.0. The Morgan fingerprint density at radius 3 is 2.11 bits per heavy atom. The van der Waals surface area contributed by atoms with E-state index in [9.17, 15) is 0 Å². The van der Waals surface area contributed by atoms with Crippen molar-refractivity contribution in [2.24, 2.45) is 5.73 Å². The molecule has 0 atom stereocenters.